The van der Waals surface area contributed by atoms with Crippen LogP contribution in [-0.2, 0) is 28.9 Å². The molecule has 0 amide bonds. The van der Waals surface area contributed by atoms with Crippen LogP contribution in [0.3, 0.4) is 0 Å². The van der Waals surface area contributed by atoms with Crippen LogP contribution in [0, 0.1) is 0 Å². The Hall–Kier alpha value is -3.28. The number of hydrogen-bond donors (Lipinski definition) is 0. The van der Waals surface area contributed by atoms with Crippen LogP contribution in [0.5, 0.6) is 17.2 Å². The number of carbonyl (C=O) groups is 1. The standard InChI is InChI=1S/C26H28NO5/c1-26(2,3)32-24(28)15-31-25-20-14-27-9-7-17-11-18-8-10-30-23(18)13-19(17)21(27)12-16(20)5-6-22(25)29-4/h5-6,11-14H,7-10,15H2,1-4H3/q+1. The maximum Gasteiger partial charge on any atom is 0.344 e. The van der Waals surface area contributed by atoms with Crippen molar-refractivity contribution in [3.63, 3.8) is 0 Å². The van der Waals surface area contributed by atoms with Gasteiger partial charge in [-0.05, 0) is 55.5 Å². The SMILES string of the molecule is COc1ccc2cc3[n+](cc2c1OCC(=O)OC(C)(C)C)CCc1cc2c(cc1-3)OCC2. The minimum Gasteiger partial charge on any atom is -0.493 e. The number of esters is 1. The van der Waals surface area contributed by atoms with E-state index in [1.165, 1.54) is 16.7 Å². The number of fused-ring (bicyclic) bond motifs is 5. The van der Waals surface area contributed by atoms with Gasteiger partial charge >= 0.3 is 5.97 Å². The molecule has 0 saturated carbocycles. The van der Waals surface area contributed by atoms with E-state index in [2.05, 4.69) is 29.0 Å². The second kappa shape index (κ2) is 7.69. The molecule has 32 heavy (non-hydrogen) atoms. The maximum absolute atomic E-state index is 12.2. The average Bonchev–Trinajstić information content (AvgIpc) is 3.20. The Kier molecular flexibility index (Phi) is 4.96. The molecule has 2 aromatic carbocycles. The Labute approximate surface area is 187 Å². The van der Waals surface area contributed by atoms with Crippen LogP contribution in [0.4, 0.5) is 0 Å². The lowest BCUT2D eigenvalue weighted by atomic mass is 9.93. The van der Waals surface area contributed by atoms with Crippen LogP contribution >= 0.6 is 0 Å². The van der Waals surface area contributed by atoms with Gasteiger partial charge in [0.05, 0.1) is 24.7 Å². The highest BCUT2D eigenvalue weighted by atomic mass is 16.6. The Morgan fingerprint density at radius 2 is 1.97 bits per heavy atom. The second-order valence-corrected chi connectivity index (χ2v) is 9.29. The summed E-state index contributed by atoms with van der Waals surface area (Å²) in [4.78, 5) is 12.2. The summed E-state index contributed by atoms with van der Waals surface area (Å²) in [5.41, 5.74) is 4.48. The van der Waals surface area contributed by atoms with E-state index in [0.717, 1.165) is 48.2 Å². The number of pyridine rings is 1. The lowest BCUT2D eigenvalue weighted by Gasteiger charge is -2.20. The van der Waals surface area contributed by atoms with Gasteiger partial charge in [0.2, 0.25) is 5.69 Å². The predicted octanol–water partition coefficient (Wildman–Crippen LogP) is 4.01. The van der Waals surface area contributed by atoms with Gasteiger partial charge in [0, 0.05) is 18.9 Å². The van der Waals surface area contributed by atoms with Gasteiger partial charge in [0.15, 0.2) is 30.8 Å². The quantitative estimate of drug-likeness (QED) is 0.459. The zero-order chi connectivity index (χ0) is 22.5. The van der Waals surface area contributed by atoms with Crippen molar-refractivity contribution in [3.05, 3.63) is 47.7 Å². The highest BCUT2D eigenvalue weighted by Gasteiger charge is 2.28. The van der Waals surface area contributed by atoms with Crippen LogP contribution in [0.2, 0.25) is 0 Å². The summed E-state index contributed by atoms with van der Waals surface area (Å²) in [5.74, 6) is 1.72. The number of benzene rings is 2. The van der Waals surface area contributed by atoms with Gasteiger partial charge in [0.1, 0.15) is 11.4 Å². The molecule has 0 saturated heterocycles. The molecule has 3 aromatic rings. The molecule has 0 unspecified atom stereocenters. The average molecular weight is 435 g/mol. The molecule has 0 radical (unpaired) electrons. The molecule has 5 rings (SSSR count). The molecule has 0 N–H and O–H groups in total. The van der Waals surface area contributed by atoms with Crippen LogP contribution in [0.25, 0.3) is 22.0 Å². The molecular formula is C26H28NO5+. The van der Waals surface area contributed by atoms with E-state index >= 15 is 0 Å². The number of aryl methyl sites for hydroxylation is 2. The summed E-state index contributed by atoms with van der Waals surface area (Å²) >= 11 is 0. The van der Waals surface area contributed by atoms with Crippen molar-refractivity contribution < 1.29 is 28.3 Å². The predicted molar refractivity (Wildman–Crippen MR) is 120 cm³/mol. The van der Waals surface area contributed by atoms with Gasteiger partial charge in [-0.3, -0.25) is 0 Å². The smallest absolute Gasteiger partial charge is 0.344 e. The van der Waals surface area contributed by atoms with Crippen molar-refractivity contribution in [2.45, 2.75) is 45.8 Å². The summed E-state index contributed by atoms with van der Waals surface area (Å²) < 4.78 is 24.9. The van der Waals surface area contributed by atoms with E-state index < -0.39 is 11.6 Å². The largest absolute Gasteiger partial charge is 0.493 e. The first-order valence-corrected chi connectivity index (χ1v) is 11.0. The number of aromatic nitrogens is 1. The van der Waals surface area contributed by atoms with Gasteiger partial charge in [-0.15, -0.1) is 0 Å². The van der Waals surface area contributed by atoms with Crippen molar-refractivity contribution in [1.29, 1.82) is 0 Å². The van der Waals surface area contributed by atoms with Gasteiger partial charge in [-0.1, -0.05) is 6.07 Å². The molecule has 6 heteroatoms. The summed E-state index contributed by atoms with van der Waals surface area (Å²) in [6, 6.07) is 10.5. The van der Waals surface area contributed by atoms with Crippen LogP contribution in [-0.4, -0.2) is 31.9 Å². The van der Waals surface area contributed by atoms with Gasteiger partial charge in [0.25, 0.3) is 0 Å². The fourth-order valence-corrected chi connectivity index (χ4v) is 4.50. The molecule has 6 nitrogen and oxygen atoms in total. The van der Waals surface area contributed by atoms with Crippen molar-refractivity contribution in [2.24, 2.45) is 0 Å². The van der Waals surface area contributed by atoms with Crippen LogP contribution in [0.15, 0.2) is 36.5 Å². The number of ether oxygens (including phenoxy) is 4. The van der Waals surface area contributed by atoms with E-state index in [9.17, 15) is 4.79 Å². The summed E-state index contributed by atoms with van der Waals surface area (Å²) in [5, 5.41) is 1.92. The number of hydrogen-bond acceptors (Lipinski definition) is 5. The highest BCUT2D eigenvalue weighted by Crippen LogP contribution is 2.39. The first-order valence-electron chi connectivity index (χ1n) is 11.0. The normalized spacial score (nSPS) is 14.2. The molecule has 0 bridgehead atoms. The molecule has 0 atom stereocenters. The molecular weight excluding hydrogens is 406 g/mol. The highest BCUT2D eigenvalue weighted by molar-refractivity contribution is 5.92. The molecule has 0 aliphatic carbocycles. The maximum atomic E-state index is 12.2. The minimum absolute atomic E-state index is 0.180. The number of methoxy groups -OCH3 is 1. The number of carbonyl (C=O) groups excluding carboxylic acids is 1. The van der Waals surface area contributed by atoms with Crippen LogP contribution in [0.1, 0.15) is 31.9 Å². The molecule has 2 aliphatic rings. The fourth-order valence-electron chi connectivity index (χ4n) is 4.50. The first-order chi connectivity index (χ1) is 15.3. The van der Waals surface area contributed by atoms with E-state index in [1.54, 1.807) is 7.11 Å². The Balaban J connectivity index is 1.54. The molecule has 3 heterocycles. The third kappa shape index (κ3) is 3.74. The second-order valence-electron chi connectivity index (χ2n) is 9.29. The Morgan fingerprint density at radius 1 is 1.12 bits per heavy atom. The Morgan fingerprint density at radius 3 is 2.75 bits per heavy atom. The summed E-state index contributed by atoms with van der Waals surface area (Å²) in [6.45, 7) is 6.97. The topological polar surface area (TPSA) is 57.9 Å². The third-order valence-electron chi connectivity index (χ3n) is 5.87. The van der Waals surface area contributed by atoms with Crippen molar-refractivity contribution in [1.82, 2.24) is 0 Å². The zero-order valence-corrected chi connectivity index (χ0v) is 19.0. The molecule has 166 valence electrons. The monoisotopic (exact) mass is 434 g/mol. The van der Waals surface area contributed by atoms with E-state index in [1.807, 2.05) is 32.9 Å². The van der Waals surface area contributed by atoms with Crippen molar-refractivity contribution in [2.75, 3.05) is 20.3 Å². The van der Waals surface area contributed by atoms with Gasteiger partial charge in [-0.25, -0.2) is 4.79 Å². The number of rotatable bonds is 4. The van der Waals surface area contributed by atoms with Gasteiger partial charge < -0.3 is 18.9 Å². The van der Waals surface area contributed by atoms with Gasteiger partial charge in [-0.2, -0.15) is 4.57 Å². The first kappa shape index (κ1) is 20.6. The molecule has 1 aromatic heterocycles. The molecule has 0 fully saturated rings. The van der Waals surface area contributed by atoms with E-state index in [0.29, 0.717) is 11.5 Å². The number of nitrogens with zero attached hydrogens (tertiary/aromatic N) is 1. The van der Waals surface area contributed by atoms with Crippen LogP contribution < -0.4 is 18.8 Å². The third-order valence-corrected chi connectivity index (χ3v) is 5.87. The fraction of sp³-hybridized carbons (Fsp3) is 0.385. The lowest BCUT2D eigenvalue weighted by molar-refractivity contribution is -0.686. The zero-order valence-electron chi connectivity index (χ0n) is 19.0. The van der Waals surface area contributed by atoms with E-state index in [4.69, 9.17) is 18.9 Å². The minimum atomic E-state index is -0.560. The molecule has 0 spiro atoms. The van der Waals surface area contributed by atoms with Crippen molar-refractivity contribution in [3.8, 4) is 28.5 Å². The Bertz CT molecular complexity index is 1230. The lowest BCUT2D eigenvalue weighted by Crippen LogP contribution is -2.40. The summed E-state index contributed by atoms with van der Waals surface area (Å²) in [7, 11) is 1.60. The van der Waals surface area contributed by atoms with Crippen molar-refractivity contribution >= 4 is 16.7 Å². The summed E-state index contributed by atoms with van der Waals surface area (Å²) in [6.07, 6.45) is 4.04. The molecule has 2 aliphatic heterocycles. The van der Waals surface area contributed by atoms with E-state index in [-0.39, 0.29) is 6.61 Å².